The molecule has 0 aliphatic rings. The molecule has 2 aromatic carbocycles. The van der Waals surface area contributed by atoms with Crippen LogP contribution in [-0.2, 0) is 6.42 Å². The molecule has 2 aromatic rings. The topological polar surface area (TPSA) is 12.0 Å². The largest absolute Gasteiger partial charge is 0.313 e. The van der Waals surface area contributed by atoms with Gasteiger partial charge in [0.05, 0.1) is 0 Å². The lowest BCUT2D eigenvalue weighted by atomic mass is 9.97. The first-order valence-corrected chi connectivity index (χ1v) is 7.18. The maximum atomic E-state index is 13.8. The number of hydrogen-bond acceptors (Lipinski definition) is 1. The van der Waals surface area contributed by atoms with Crippen LogP contribution in [0.1, 0.15) is 22.7 Å². The van der Waals surface area contributed by atoms with E-state index in [4.69, 9.17) is 0 Å². The Morgan fingerprint density at radius 1 is 1.15 bits per heavy atom. The Hall–Kier alpha value is -1.26. The van der Waals surface area contributed by atoms with E-state index in [0.29, 0.717) is 12.0 Å². The van der Waals surface area contributed by atoms with Gasteiger partial charge in [0, 0.05) is 16.6 Å². The van der Waals surface area contributed by atoms with E-state index in [0.717, 1.165) is 21.7 Å². The van der Waals surface area contributed by atoms with Crippen molar-refractivity contribution in [3.05, 3.63) is 69.2 Å². The van der Waals surface area contributed by atoms with Crippen LogP contribution < -0.4 is 5.32 Å². The zero-order chi connectivity index (χ0) is 14.7. The zero-order valence-corrected chi connectivity index (χ0v) is 13.0. The monoisotopic (exact) mass is 339 g/mol. The third kappa shape index (κ3) is 3.44. The Balaban J connectivity index is 2.31. The highest BCUT2D eigenvalue weighted by molar-refractivity contribution is 9.10. The summed E-state index contributed by atoms with van der Waals surface area (Å²) in [6.45, 7) is 2.02. The fourth-order valence-electron chi connectivity index (χ4n) is 2.20. The molecule has 0 aliphatic heterocycles. The lowest BCUT2D eigenvalue weighted by molar-refractivity contribution is 0.540. The van der Waals surface area contributed by atoms with Gasteiger partial charge in [-0.2, -0.15) is 0 Å². The Bertz CT molecular complexity index is 613. The van der Waals surface area contributed by atoms with Crippen LogP contribution in [0.15, 0.2) is 40.9 Å². The van der Waals surface area contributed by atoms with E-state index >= 15 is 0 Å². The molecule has 4 heteroatoms. The highest BCUT2D eigenvalue weighted by Gasteiger charge is 2.16. The average molecular weight is 340 g/mol. The summed E-state index contributed by atoms with van der Waals surface area (Å²) in [5.74, 6) is -1.06. The van der Waals surface area contributed by atoms with Gasteiger partial charge < -0.3 is 5.32 Å². The Morgan fingerprint density at radius 3 is 2.55 bits per heavy atom. The second-order valence-electron chi connectivity index (χ2n) is 4.81. The summed E-state index contributed by atoms with van der Waals surface area (Å²) in [6.07, 6.45) is 0.463. The minimum absolute atomic E-state index is 0.0377. The van der Waals surface area contributed by atoms with Gasteiger partial charge in [-0.15, -0.1) is 0 Å². The number of rotatable bonds is 4. The molecular weight excluding hydrogens is 324 g/mol. The summed E-state index contributed by atoms with van der Waals surface area (Å²) in [5, 5.41) is 3.19. The summed E-state index contributed by atoms with van der Waals surface area (Å²) in [5.41, 5.74) is 2.71. The first-order valence-electron chi connectivity index (χ1n) is 6.38. The van der Waals surface area contributed by atoms with Crippen molar-refractivity contribution in [1.82, 2.24) is 5.32 Å². The van der Waals surface area contributed by atoms with Crippen LogP contribution in [0.4, 0.5) is 8.78 Å². The average Bonchev–Trinajstić information content (AvgIpc) is 2.41. The summed E-state index contributed by atoms with van der Waals surface area (Å²) >= 11 is 3.52. The SMILES string of the molecule is CNC(Cc1ccc(F)cc1F)c1cc(C)ccc1Br. The summed E-state index contributed by atoms with van der Waals surface area (Å²) in [6, 6.07) is 9.73. The molecule has 0 saturated heterocycles. The van der Waals surface area contributed by atoms with Gasteiger partial charge in [0.15, 0.2) is 0 Å². The third-order valence-electron chi connectivity index (χ3n) is 3.31. The molecule has 0 aliphatic carbocycles. The number of aryl methyl sites for hydroxylation is 1. The number of likely N-dealkylation sites (N-methyl/N-ethyl adjacent to an activating group) is 1. The second-order valence-corrected chi connectivity index (χ2v) is 5.66. The van der Waals surface area contributed by atoms with E-state index in [9.17, 15) is 8.78 Å². The van der Waals surface area contributed by atoms with Crippen molar-refractivity contribution in [2.45, 2.75) is 19.4 Å². The standard InChI is InChI=1S/C16H16BrF2N/c1-10-3-6-14(17)13(7-10)16(20-2)8-11-4-5-12(18)9-15(11)19/h3-7,9,16,20H,8H2,1-2H3. The number of nitrogens with one attached hydrogen (secondary N) is 1. The van der Waals surface area contributed by atoms with Crippen molar-refractivity contribution in [1.29, 1.82) is 0 Å². The molecule has 0 aromatic heterocycles. The zero-order valence-electron chi connectivity index (χ0n) is 11.4. The van der Waals surface area contributed by atoms with E-state index in [-0.39, 0.29) is 6.04 Å². The lowest BCUT2D eigenvalue weighted by Crippen LogP contribution is -2.20. The highest BCUT2D eigenvalue weighted by Crippen LogP contribution is 2.27. The lowest BCUT2D eigenvalue weighted by Gasteiger charge is -2.19. The molecule has 106 valence electrons. The predicted molar refractivity (Wildman–Crippen MR) is 80.7 cm³/mol. The van der Waals surface area contributed by atoms with Gasteiger partial charge in [0.1, 0.15) is 11.6 Å². The molecule has 20 heavy (non-hydrogen) atoms. The van der Waals surface area contributed by atoms with E-state index < -0.39 is 11.6 Å². The van der Waals surface area contributed by atoms with Crippen LogP contribution in [0.2, 0.25) is 0 Å². The summed E-state index contributed by atoms with van der Waals surface area (Å²) in [7, 11) is 1.83. The molecule has 1 nitrogen and oxygen atoms in total. The third-order valence-corrected chi connectivity index (χ3v) is 4.04. The van der Waals surface area contributed by atoms with Gasteiger partial charge in [-0.3, -0.25) is 0 Å². The number of halogens is 3. The molecular formula is C16H16BrF2N. The van der Waals surface area contributed by atoms with Gasteiger partial charge in [0.2, 0.25) is 0 Å². The molecule has 0 saturated carbocycles. The molecule has 0 bridgehead atoms. The smallest absolute Gasteiger partial charge is 0.129 e. The van der Waals surface area contributed by atoms with Crippen LogP contribution in [-0.4, -0.2) is 7.05 Å². The molecule has 0 amide bonds. The molecule has 2 rings (SSSR count). The van der Waals surface area contributed by atoms with Crippen LogP contribution in [0.3, 0.4) is 0 Å². The van der Waals surface area contributed by atoms with Crippen molar-refractivity contribution >= 4 is 15.9 Å². The fraction of sp³-hybridized carbons (Fsp3) is 0.250. The van der Waals surface area contributed by atoms with Crippen LogP contribution >= 0.6 is 15.9 Å². The second kappa shape index (κ2) is 6.46. The normalized spacial score (nSPS) is 12.4. The van der Waals surface area contributed by atoms with Crippen LogP contribution in [0.25, 0.3) is 0 Å². The van der Waals surface area contributed by atoms with E-state index in [1.807, 2.05) is 26.1 Å². The Kier molecular flexibility index (Phi) is 4.89. The molecule has 0 fully saturated rings. The van der Waals surface area contributed by atoms with Crippen molar-refractivity contribution < 1.29 is 8.78 Å². The van der Waals surface area contributed by atoms with Crippen molar-refractivity contribution in [3.8, 4) is 0 Å². The molecule has 0 spiro atoms. The fourth-order valence-corrected chi connectivity index (χ4v) is 2.73. The number of benzene rings is 2. The van der Waals surface area contributed by atoms with E-state index in [2.05, 4.69) is 27.3 Å². The van der Waals surface area contributed by atoms with Gasteiger partial charge in [-0.05, 0) is 43.7 Å². The molecule has 0 radical (unpaired) electrons. The van der Waals surface area contributed by atoms with E-state index in [1.54, 1.807) is 0 Å². The van der Waals surface area contributed by atoms with Gasteiger partial charge in [0.25, 0.3) is 0 Å². The maximum absolute atomic E-state index is 13.8. The molecule has 1 N–H and O–H groups in total. The van der Waals surface area contributed by atoms with Crippen molar-refractivity contribution in [2.24, 2.45) is 0 Å². The van der Waals surface area contributed by atoms with Crippen molar-refractivity contribution in [3.63, 3.8) is 0 Å². The van der Waals surface area contributed by atoms with Gasteiger partial charge in [-0.25, -0.2) is 8.78 Å². The van der Waals surface area contributed by atoms with Gasteiger partial charge in [-0.1, -0.05) is 39.7 Å². The van der Waals surface area contributed by atoms with Crippen molar-refractivity contribution in [2.75, 3.05) is 7.05 Å². The Labute approximate surface area is 126 Å². The number of hydrogen-bond donors (Lipinski definition) is 1. The quantitative estimate of drug-likeness (QED) is 0.862. The molecule has 0 heterocycles. The molecule has 1 atom stereocenters. The van der Waals surface area contributed by atoms with Crippen LogP contribution in [0, 0.1) is 18.6 Å². The molecule has 1 unspecified atom stereocenters. The maximum Gasteiger partial charge on any atom is 0.129 e. The van der Waals surface area contributed by atoms with E-state index in [1.165, 1.54) is 12.1 Å². The first-order chi connectivity index (χ1) is 9.51. The minimum Gasteiger partial charge on any atom is -0.313 e. The Morgan fingerprint density at radius 2 is 1.90 bits per heavy atom. The summed E-state index contributed by atoms with van der Waals surface area (Å²) in [4.78, 5) is 0. The minimum atomic E-state index is -0.552. The predicted octanol–water partition coefficient (Wildman–Crippen LogP) is 4.54. The first kappa shape index (κ1) is 15.1. The highest BCUT2D eigenvalue weighted by atomic mass is 79.9. The van der Waals surface area contributed by atoms with Crippen LogP contribution in [0.5, 0.6) is 0 Å². The summed E-state index contributed by atoms with van der Waals surface area (Å²) < 4.78 is 27.7. The van der Waals surface area contributed by atoms with Gasteiger partial charge >= 0.3 is 0 Å².